The van der Waals surface area contributed by atoms with Gasteiger partial charge in [-0.25, -0.2) is 0 Å². The molecule has 1 saturated heterocycles. The Morgan fingerprint density at radius 2 is 1.76 bits per heavy atom. The minimum atomic E-state index is 0.0219. The summed E-state index contributed by atoms with van der Waals surface area (Å²) in [7, 11) is 0. The molecule has 1 aromatic carbocycles. The highest BCUT2D eigenvalue weighted by Gasteiger charge is 2.35. The monoisotopic (exact) mass is 344 g/mol. The van der Waals surface area contributed by atoms with Crippen molar-refractivity contribution in [2.75, 3.05) is 26.4 Å². The smallest absolute Gasteiger partial charge is 0.231 e. The Bertz CT molecular complexity index is 710. The maximum absolute atomic E-state index is 13.1. The van der Waals surface area contributed by atoms with Gasteiger partial charge in [0.25, 0.3) is 0 Å². The normalized spacial score (nSPS) is 22.7. The van der Waals surface area contributed by atoms with Crippen LogP contribution in [0, 0.1) is 5.92 Å². The number of fused-ring (bicyclic) bond motifs is 2. The molecule has 0 aromatic heterocycles. The van der Waals surface area contributed by atoms with Crippen LogP contribution in [0.15, 0.2) is 12.1 Å². The predicted octanol–water partition coefficient (Wildman–Crippen LogP) is 2.12. The van der Waals surface area contributed by atoms with Crippen LogP contribution in [0.3, 0.4) is 0 Å². The first-order chi connectivity index (χ1) is 12.0. The van der Waals surface area contributed by atoms with Crippen LogP contribution < -0.4 is 9.47 Å². The summed E-state index contributed by atoms with van der Waals surface area (Å²) in [6, 6.07) is 4.12. The number of likely N-dealkylation sites (tertiary alicyclic amines) is 1. The topological polar surface area (TPSA) is 59.1 Å². The number of hydrogen-bond acceptors (Lipinski definition) is 4. The maximum Gasteiger partial charge on any atom is 0.231 e. The van der Waals surface area contributed by atoms with Crippen LogP contribution >= 0.6 is 0 Å². The number of piperidine rings is 1. The summed E-state index contributed by atoms with van der Waals surface area (Å²) >= 11 is 0. The largest absolute Gasteiger partial charge is 0.454 e. The molecule has 1 fully saturated rings. The van der Waals surface area contributed by atoms with Gasteiger partial charge in [-0.05, 0) is 49.4 Å². The third-order valence-electron chi connectivity index (χ3n) is 5.75. The quantitative estimate of drug-likeness (QED) is 0.783. The Morgan fingerprint density at radius 1 is 1.08 bits per heavy atom. The molecule has 6 heteroatoms. The SMILES string of the molecule is CC(=O)N1CCC(C(=O)N2CCc3cc4c(cc3C2C)OCO4)CC1. The third-order valence-corrected chi connectivity index (χ3v) is 5.75. The maximum atomic E-state index is 13.1. The Morgan fingerprint density at radius 3 is 2.44 bits per heavy atom. The number of carbonyl (C=O) groups is 2. The van der Waals surface area contributed by atoms with Gasteiger partial charge < -0.3 is 19.3 Å². The first-order valence-electron chi connectivity index (χ1n) is 9.03. The molecule has 0 spiro atoms. The fourth-order valence-electron chi connectivity index (χ4n) is 4.18. The van der Waals surface area contributed by atoms with E-state index >= 15 is 0 Å². The minimum Gasteiger partial charge on any atom is -0.454 e. The minimum absolute atomic E-state index is 0.0219. The highest BCUT2D eigenvalue weighted by Crippen LogP contribution is 2.40. The number of hydrogen-bond donors (Lipinski definition) is 0. The molecule has 1 atom stereocenters. The van der Waals surface area contributed by atoms with Gasteiger partial charge in [0.1, 0.15) is 0 Å². The zero-order valence-corrected chi connectivity index (χ0v) is 14.8. The fraction of sp³-hybridized carbons (Fsp3) is 0.579. The van der Waals surface area contributed by atoms with Crippen LogP contribution in [0.2, 0.25) is 0 Å². The summed E-state index contributed by atoms with van der Waals surface area (Å²) in [6.45, 7) is 6.05. The van der Waals surface area contributed by atoms with Crippen molar-refractivity contribution in [3.05, 3.63) is 23.3 Å². The molecule has 3 aliphatic heterocycles. The van der Waals surface area contributed by atoms with Crippen LogP contribution in [0.25, 0.3) is 0 Å². The molecule has 1 aromatic rings. The lowest BCUT2D eigenvalue weighted by Gasteiger charge is -2.39. The van der Waals surface area contributed by atoms with E-state index in [2.05, 4.69) is 13.0 Å². The van der Waals surface area contributed by atoms with E-state index < -0.39 is 0 Å². The highest BCUT2D eigenvalue weighted by atomic mass is 16.7. The van der Waals surface area contributed by atoms with Crippen molar-refractivity contribution in [1.82, 2.24) is 9.80 Å². The van der Waals surface area contributed by atoms with Gasteiger partial charge in [0.2, 0.25) is 18.6 Å². The molecule has 4 rings (SSSR count). The van der Waals surface area contributed by atoms with Gasteiger partial charge in [-0.2, -0.15) is 0 Å². The average Bonchev–Trinajstić information content (AvgIpc) is 3.07. The van der Waals surface area contributed by atoms with Gasteiger partial charge in [-0.15, -0.1) is 0 Å². The lowest BCUT2D eigenvalue weighted by molar-refractivity contribution is -0.142. The molecule has 1 unspecified atom stereocenters. The van der Waals surface area contributed by atoms with Crippen molar-refractivity contribution >= 4 is 11.8 Å². The Hall–Kier alpha value is -2.24. The van der Waals surface area contributed by atoms with Crippen LogP contribution in [0.4, 0.5) is 0 Å². The molecule has 0 bridgehead atoms. The molecule has 0 saturated carbocycles. The number of ether oxygens (including phenoxy) is 2. The van der Waals surface area contributed by atoms with Crippen molar-refractivity contribution in [3.63, 3.8) is 0 Å². The van der Waals surface area contributed by atoms with Gasteiger partial charge in [-0.1, -0.05) is 0 Å². The van der Waals surface area contributed by atoms with Crippen molar-refractivity contribution in [3.8, 4) is 11.5 Å². The molecular formula is C19H24N2O4. The second-order valence-corrected chi connectivity index (χ2v) is 7.14. The fourth-order valence-corrected chi connectivity index (χ4v) is 4.18. The van der Waals surface area contributed by atoms with Gasteiger partial charge in [0.15, 0.2) is 11.5 Å². The summed E-state index contributed by atoms with van der Waals surface area (Å²) in [5.41, 5.74) is 2.40. The van der Waals surface area contributed by atoms with Gasteiger partial charge in [0.05, 0.1) is 6.04 Å². The second-order valence-electron chi connectivity index (χ2n) is 7.14. The van der Waals surface area contributed by atoms with E-state index in [-0.39, 0.29) is 30.6 Å². The van der Waals surface area contributed by atoms with Crippen LogP contribution in [-0.4, -0.2) is 48.0 Å². The van der Waals surface area contributed by atoms with Gasteiger partial charge >= 0.3 is 0 Å². The predicted molar refractivity (Wildman–Crippen MR) is 91.4 cm³/mol. The Labute approximate surface area is 147 Å². The zero-order valence-electron chi connectivity index (χ0n) is 14.8. The van der Waals surface area contributed by atoms with E-state index in [9.17, 15) is 9.59 Å². The first-order valence-corrected chi connectivity index (χ1v) is 9.03. The van der Waals surface area contributed by atoms with Gasteiger partial charge in [-0.3, -0.25) is 9.59 Å². The summed E-state index contributed by atoms with van der Waals surface area (Å²) in [6.07, 6.45) is 2.36. The van der Waals surface area contributed by atoms with Crippen molar-refractivity contribution < 1.29 is 19.1 Å². The standard InChI is InChI=1S/C19H24N2O4/c1-12-16-10-18-17(24-11-25-18)9-15(16)5-8-21(12)19(23)14-3-6-20(7-4-14)13(2)22/h9-10,12,14H,3-8,11H2,1-2H3. The number of benzene rings is 1. The average molecular weight is 344 g/mol. The molecule has 2 amide bonds. The highest BCUT2D eigenvalue weighted by molar-refractivity contribution is 5.80. The molecule has 0 N–H and O–H groups in total. The van der Waals surface area contributed by atoms with Crippen molar-refractivity contribution in [2.45, 2.75) is 39.2 Å². The van der Waals surface area contributed by atoms with Crippen LogP contribution in [-0.2, 0) is 16.0 Å². The zero-order chi connectivity index (χ0) is 17.6. The molecule has 6 nitrogen and oxygen atoms in total. The summed E-state index contributed by atoms with van der Waals surface area (Å²) in [5.74, 6) is 1.92. The second kappa shape index (κ2) is 6.24. The summed E-state index contributed by atoms with van der Waals surface area (Å²) in [4.78, 5) is 28.3. The first kappa shape index (κ1) is 16.2. The molecule has 0 aliphatic carbocycles. The van der Waals surface area contributed by atoms with Gasteiger partial charge in [0, 0.05) is 32.5 Å². The Balaban J connectivity index is 1.49. The Kier molecular flexibility index (Phi) is 4.06. The molecular weight excluding hydrogens is 320 g/mol. The lowest BCUT2D eigenvalue weighted by atomic mass is 9.89. The summed E-state index contributed by atoms with van der Waals surface area (Å²) < 4.78 is 11.0. The van der Waals surface area contributed by atoms with E-state index in [1.54, 1.807) is 6.92 Å². The van der Waals surface area contributed by atoms with Crippen LogP contribution in [0.5, 0.6) is 11.5 Å². The number of nitrogens with zero attached hydrogens (tertiary/aromatic N) is 2. The summed E-state index contributed by atoms with van der Waals surface area (Å²) in [5, 5.41) is 0. The molecule has 3 heterocycles. The number of carbonyl (C=O) groups excluding carboxylic acids is 2. The molecule has 0 radical (unpaired) electrons. The van der Waals surface area contributed by atoms with Crippen LogP contribution in [0.1, 0.15) is 43.9 Å². The molecule has 25 heavy (non-hydrogen) atoms. The van der Waals surface area contributed by atoms with E-state index in [0.29, 0.717) is 13.1 Å². The van der Waals surface area contributed by atoms with E-state index in [1.807, 2.05) is 15.9 Å². The third kappa shape index (κ3) is 2.83. The molecule has 3 aliphatic rings. The lowest BCUT2D eigenvalue weighted by Crippen LogP contribution is -2.46. The number of amides is 2. The van der Waals surface area contributed by atoms with E-state index in [1.165, 1.54) is 5.56 Å². The van der Waals surface area contributed by atoms with E-state index in [4.69, 9.17) is 9.47 Å². The van der Waals surface area contributed by atoms with Crippen molar-refractivity contribution in [2.24, 2.45) is 5.92 Å². The number of rotatable bonds is 1. The van der Waals surface area contributed by atoms with E-state index in [0.717, 1.165) is 42.9 Å². The molecule has 134 valence electrons. The van der Waals surface area contributed by atoms with Crippen molar-refractivity contribution in [1.29, 1.82) is 0 Å².